The molecule has 7 heteroatoms. The summed E-state index contributed by atoms with van der Waals surface area (Å²) in [6, 6.07) is 11.0. The first-order chi connectivity index (χ1) is 11.7. The fourth-order valence-electron chi connectivity index (χ4n) is 3.11. The van der Waals surface area contributed by atoms with Crippen LogP contribution in [0.25, 0.3) is 10.9 Å². The standard InChI is InChI=1S/C17H16N4O2S/c22-16-13-4-1-2-5-14(13)18-19-21(16)12-7-9-20(10-8-12)17(23)15-6-3-11-24-15/h1-6,11-12H,7-10H2. The minimum atomic E-state index is -0.108. The number of thiophene rings is 1. The van der Waals surface area contributed by atoms with Crippen LogP contribution in [0.4, 0.5) is 0 Å². The topological polar surface area (TPSA) is 68.1 Å². The number of rotatable bonds is 2. The van der Waals surface area contributed by atoms with E-state index in [2.05, 4.69) is 10.3 Å². The number of hydrogen-bond acceptors (Lipinski definition) is 5. The largest absolute Gasteiger partial charge is 0.338 e. The minimum absolute atomic E-state index is 0.0120. The van der Waals surface area contributed by atoms with Gasteiger partial charge < -0.3 is 4.90 Å². The van der Waals surface area contributed by atoms with Crippen LogP contribution < -0.4 is 5.56 Å². The molecule has 3 heterocycles. The molecule has 1 amide bonds. The Labute approximate surface area is 142 Å². The van der Waals surface area contributed by atoms with E-state index in [0.717, 1.165) is 4.88 Å². The molecule has 0 spiro atoms. The van der Waals surface area contributed by atoms with Gasteiger partial charge in [0.25, 0.3) is 11.5 Å². The van der Waals surface area contributed by atoms with Gasteiger partial charge >= 0.3 is 0 Å². The maximum absolute atomic E-state index is 12.6. The van der Waals surface area contributed by atoms with E-state index in [1.165, 1.54) is 16.0 Å². The number of carbonyl (C=O) groups excluding carboxylic acids is 1. The summed E-state index contributed by atoms with van der Waals surface area (Å²) in [5.74, 6) is 0.0698. The van der Waals surface area contributed by atoms with E-state index in [-0.39, 0.29) is 17.5 Å². The minimum Gasteiger partial charge on any atom is -0.338 e. The Morgan fingerprint density at radius 3 is 2.67 bits per heavy atom. The predicted octanol–water partition coefficient (Wildman–Crippen LogP) is 2.33. The summed E-state index contributed by atoms with van der Waals surface area (Å²) in [6.07, 6.45) is 1.42. The number of nitrogens with zero attached hydrogens (tertiary/aromatic N) is 4. The molecule has 2 aromatic heterocycles. The van der Waals surface area contributed by atoms with E-state index >= 15 is 0 Å². The lowest BCUT2D eigenvalue weighted by molar-refractivity contribution is 0.0692. The van der Waals surface area contributed by atoms with Gasteiger partial charge in [-0.05, 0) is 36.4 Å². The van der Waals surface area contributed by atoms with Gasteiger partial charge in [0, 0.05) is 13.1 Å². The predicted molar refractivity (Wildman–Crippen MR) is 92.3 cm³/mol. The third-order valence-electron chi connectivity index (χ3n) is 4.42. The van der Waals surface area contributed by atoms with Gasteiger partial charge in [-0.3, -0.25) is 9.59 Å². The molecule has 3 aromatic rings. The molecule has 0 radical (unpaired) electrons. The zero-order valence-corrected chi connectivity index (χ0v) is 13.8. The molecule has 1 aliphatic rings. The molecule has 24 heavy (non-hydrogen) atoms. The summed E-state index contributed by atoms with van der Waals surface area (Å²) >= 11 is 1.46. The normalized spacial score (nSPS) is 15.8. The average molecular weight is 340 g/mol. The Balaban J connectivity index is 1.53. The van der Waals surface area contributed by atoms with Crippen molar-refractivity contribution in [3.05, 3.63) is 57.0 Å². The van der Waals surface area contributed by atoms with Gasteiger partial charge in [0.15, 0.2) is 0 Å². The monoisotopic (exact) mass is 340 g/mol. The average Bonchev–Trinajstić information content (AvgIpc) is 3.17. The second-order valence-electron chi connectivity index (χ2n) is 5.86. The summed E-state index contributed by atoms with van der Waals surface area (Å²) in [5, 5.41) is 10.7. The van der Waals surface area contributed by atoms with E-state index in [1.807, 2.05) is 34.5 Å². The second kappa shape index (κ2) is 6.16. The van der Waals surface area contributed by atoms with Crippen molar-refractivity contribution in [1.29, 1.82) is 0 Å². The lowest BCUT2D eigenvalue weighted by Gasteiger charge is -2.31. The number of likely N-dealkylation sites (tertiary alicyclic amines) is 1. The first kappa shape index (κ1) is 15.0. The number of piperidine rings is 1. The lowest BCUT2D eigenvalue weighted by Crippen LogP contribution is -2.41. The molecule has 0 unspecified atom stereocenters. The van der Waals surface area contributed by atoms with Crippen LogP contribution in [-0.4, -0.2) is 38.9 Å². The highest BCUT2D eigenvalue weighted by molar-refractivity contribution is 7.12. The van der Waals surface area contributed by atoms with E-state index < -0.39 is 0 Å². The summed E-state index contributed by atoms with van der Waals surface area (Å²) in [6.45, 7) is 1.25. The molecule has 0 bridgehead atoms. The SMILES string of the molecule is O=C(c1cccs1)N1CCC(n2nnc3ccccc3c2=O)CC1. The van der Waals surface area contributed by atoms with Crippen molar-refractivity contribution >= 4 is 28.1 Å². The summed E-state index contributed by atoms with van der Waals surface area (Å²) < 4.78 is 1.48. The van der Waals surface area contributed by atoms with Crippen LogP contribution in [0.3, 0.4) is 0 Å². The Bertz CT molecular complexity index is 927. The number of fused-ring (bicyclic) bond motifs is 1. The Morgan fingerprint density at radius 2 is 1.92 bits per heavy atom. The van der Waals surface area contributed by atoms with Crippen molar-refractivity contribution in [2.45, 2.75) is 18.9 Å². The maximum Gasteiger partial charge on any atom is 0.277 e. The molecule has 6 nitrogen and oxygen atoms in total. The molecule has 1 fully saturated rings. The van der Waals surface area contributed by atoms with Crippen molar-refractivity contribution in [2.24, 2.45) is 0 Å². The van der Waals surface area contributed by atoms with Gasteiger partial charge in [-0.25, -0.2) is 4.68 Å². The fourth-order valence-corrected chi connectivity index (χ4v) is 3.80. The lowest BCUT2D eigenvalue weighted by atomic mass is 10.0. The van der Waals surface area contributed by atoms with Crippen molar-refractivity contribution in [3.63, 3.8) is 0 Å². The quantitative estimate of drug-likeness (QED) is 0.718. The third-order valence-corrected chi connectivity index (χ3v) is 5.28. The van der Waals surface area contributed by atoms with Crippen LogP contribution in [0.2, 0.25) is 0 Å². The molecule has 1 aliphatic heterocycles. The Morgan fingerprint density at radius 1 is 1.12 bits per heavy atom. The van der Waals surface area contributed by atoms with Crippen LogP contribution in [0.1, 0.15) is 28.6 Å². The van der Waals surface area contributed by atoms with Gasteiger partial charge in [-0.2, -0.15) is 0 Å². The zero-order chi connectivity index (χ0) is 16.5. The van der Waals surface area contributed by atoms with Gasteiger partial charge in [-0.15, -0.1) is 16.4 Å². The highest BCUT2D eigenvalue weighted by atomic mass is 32.1. The van der Waals surface area contributed by atoms with Crippen molar-refractivity contribution in [2.75, 3.05) is 13.1 Å². The molecular weight excluding hydrogens is 324 g/mol. The molecular formula is C17H16N4O2S. The van der Waals surface area contributed by atoms with Crippen LogP contribution >= 0.6 is 11.3 Å². The maximum atomic E-state index is 12.6. The number of benzene rings is 1. The Hall–Kier alpha value is -2.54. The number of hydrogen-bond donors (Lipinski definition) is 0. The van der Waals surface area contributed by atoms with E-state index in [1.54, 1.807) is 12.1 Å². The summed E-state index contributed by atoms with van der Waals surface area (Å²) in [5.41, 5.74) is 0.507. The molecule has 1 saturated heterocycles. The highest BCUT2D eigenvalue weighted by Crippen LogP contribution is 2.23. The molecule has 122 valence electrons. The van der Waals surface area contributed by atoms with Crippen LogP contribution in [0.5, 0.6) is 0 Å². The number of amides is 1. The first-order valence-corrected chi connectivity index (χ1v) is 8.79. The van der Waals surface area contributed by atoms with Crippen molar-refractivity contribution < 1.29 is 4.79 Å². The van der Waals surface area contributed by atoms with Crippen molar-refractivity contribution in [1.82, 2.24) is 19.9 Å². The van der Waals surface area contributed by atoms with Gasteiger partial charge in [-0.1, -0.05) is 23.4 Å². The van der Waals surface area contributed by atoms with E-state index in [9.17, 15) is 9.59 Å². The van der Waals surface area contributed by atoms with E-state index in [0.29, 0.717) is 36.8 Å². The molecule has 0 N–H and O–H groups in total. The van der Waals surface area contributed by atoms with Gasteiger partial charge in [0.05, 0.1) is 16.3 Å². The molecule has 0 aliphatic carbocycles. The smallest absolute Gasteiger partial charge is 0.277 e. The van der Waals surface area contributed by atoms with Crippen LogP contribution in [0, 0.1) is 0 Å². The molecule has 0 saturated carbocycles. The third kappa shape index (κ3) is 2.60. The highest BCUT2D eigenvalue weighted by Gasteiger charge is 2.26. The molecule has 1 aromatic carbocycles. The first-order valence-electron chi connectivity index (χ1n) is 7.91. The summed E-state index contributed by atoms with van der Waals surface area (Å²) in [4.78, 5) is 27.6. The van der Waals surface area contributed by atoms with E-state index in [4.69, 9.17) is 0 Å². The zero-order valence-electron chi connectivity index (χ0n) is 13.0. The summed E-state index contributed by atoms with van der Waals surface area (Å²) in [7, 11) is 0. The van der Waals surface area contributed by atoms with Crippen LogP contribution in [0.15, 0.2) is 46.6 Å². The van der Waals surface area contributed by atoms with Gasteiger partial charge in [0.1, 0.15) is 5.52 Å². The van der Waals surface area contributed by atoms with Gasteiger partial charge in [0.2, 0.25) is 0 Å². The number of carbonyl (C=O) groups is 1. The molecule has 4 rings (SSSR count). The van der Waals surface area contributed by atoms with Crippen molar-refractivity contribution in [3.8, 4) is 0 Å². The molecule has 0 atom stereocenters. The second-order valence-corrected chi connectivity index (χ2v) is 6.80. The number of aromatic nitrogens is 3. The fraction of sp³-hybridized carbons (Fsp3) is 0.294. The Kier molecular flexibility index (Phi) is 3.86. The van der Waals surface area contributed by atoms with Crippen LogP contribution in [-0.2, 0) is 0 Å².